The van der Waals surface area contributed by atoms with E-state index in [4.69, 9.17) is 4.74 Å². The van der Waals surface area contributed by atoms with Gasteiger partial charge in [0, 0.05) is 11.8 Å². The molecular formula is C20H18N2O. The molecule has 0 saturated heterocycles. The molecule has 3 aromatic rings. The molecule has 23 heavy (non-hydrogen) atoms. The molecule has 0 spiro atoms. The van der Waals surface area contributed by atoms with Crippen LogP contribution in [0.15, 0.2) is 78.9 Å². The quantitative estimate of drug-likeness (QED) is 0.701. The summed E-state index contributed by atoms with van der Waals surface area (Å²) in [6.07, 6.45) is 14.6. The molecule has 2 heterocycles. The van der Waals surface area contributed by atoms with Crippen molar-refractivity contribution in [3.8, 4) is 16.9 Å². The summed E-state index contributed by atoms with van der Waals surface area (Å²) in [5.74, 6) is 0.892. The molecule has 0 unspecified atom stereocenters. The van der Waals surface area contributed by atoms with Crippen LogP contribution in [-0.2, 0) is 0 Å². The van der Waals surface area contributed by atoms with E-state index in [1.807, 2.05) is 41.3 Å². The van der Waals surface area contributed by atoms with Crippen LogP contribution in [0.4, 0.5) is 0 Å². The number of aromatic nitrogens is 2. The number of pyridine rings is 1. The standard InChI is InChI=1S/C20H18N2O/c1-2-6-16(7-3-1)14-23-18-9-4-8-17(12-18)19-10-5-11-22-15-21-13-20(19)22/h2,4-13,15H,1,3,14H2. The molecule has 0 amide bonds. The van der Waals surface area contributed by atoms with Gasteiger partial charge in [-0.2, -0.15) is 0 Å². The van der Waals surface area contributed by atoms with Crippen LogP contribution in [0, 0.1) is 0 Å². The summed E-state index contributed by atoms with van der Waals surface area (Å²) in [6, 6.07) is 12.4. The Balaban J connectivity index is 1.60. The Hall–Kier alpha value is -2.81. The average Bonchev–Trinajstić information content (AvgIpc) is 3.10. The molecule has 114 valence electrons. The first-order chi connectivity index (χ1) is 11.4. The molecule has 3 heteroatoms. The van der Waals surface area contributed by atoms with Crippen molar-refractivity contribution in [1.82, 2.24) is 9.38 Å². The minimum Gasteiger partial charge on any atom is -0.489 e. The third-order valence-corrected chi connectivity index (χ3v) is 4.07. The lowest BCUT2D eigenvalue weighted by molar-refractivity contribution is 0.355. The van der Waals surface area contributed by atoms with Crippen LogP contribution in [0.1, 0.15) is 12.8 Å². The second-order valence-corrected chi connectivity index (χ2v) is 5.68. The van der Waals surface area contributed by atoms with Gasteiger partial charge < -0.3 is 9.14 Å². The fourth-order valence-corrected chi connectivity index (χ4v) is 2.89. The first-order valence-electron chi connectivity index (χ1n) is 7.90. The number of benzene rings is 1. The summed E-state index contributed by atoms with van der Waals surface area (Å²) in [7, 11) is 0. The Bertz CT molecular complexity index is 889. The van der Waals surface area contributed by atoms with Gasteiger partial charge in [-0.1, -0.05) is 36.4 Å². The highest BCUT2D eigenvalue weighted by Crippen LogP contribution is 2.27. The van der Waals surface area contributed by atoms with E-state index in [2.05, 4.69) is 41.4 Å². The lowest BCUT2D eigenvalue weighted by atomic mass is 10.1. The van der Waals surface area contributed by atoms with Gasteiger partial charge in [-0.15, -0.1) is 0 Å². The van der Waals surface area contributed by atoms with E-state index >= 15 is 0 Å². The predicted octanol–water partition coefficient (Wildman–Crippen LogP) is 4.66. The van der Waals surface area contributed by atoms with E-state index in [1.54, 1.807) is 0 Å². The monoisotopic (exact) mass is 302 g/mol. The molecule has 0 N–H and O–H groups in total. The van der Waals surface area contributed by atoms with Crippen molar-refractivity contribution in [2.45, 2.75) is 12.8 Å². The Morgan fingerprint density at radius 1 is 1.13 bits per heavy atom. The molecule has 0 atom stereocenters. The maximum Gasteiger partial charge on any atom is 0.120 e. The fraction of sp³-hybridized carbons (Fsp3) is 0.150. The van der Waals surface area contributed by atoms with Crippen LogP contribution in [0.2, 0.25) is 0 Å². The normalized spacial score (nSPS) is 14.0. The summed E-state index contributed by atoms with van der Waals surface area (Å²) in [5.41, 5.74) is 4.65. The minimum absolute atomic E-state index is 0.622. The van der Waals surface area contributed by atoms with Gasteiger partial charge in [-0.25, -0.2) is 4.98 Å². The van der Waals surface area contributed by atoms with E-state index in [1.165, 1.54) is 5.57 Å². The first-order valence-corrected chi connectivity index (χ1v) is 7.90. The van der Waals surface area contributed by atoms with Crippen molar-refractivity contribution < 1.29 is 4.74 Å². The molecule has 0 radical (unpaired) electrons. The molecule has 0 saturated carbocycles. The summed E-state index contributed by atoms with van der Waals surface area (Å²) < 4.78 is 7.99. The van der Waals surface area contributed by atoms with E-state index in [0.29, 0.717) is 6.61 Å². The van der Waals surface area contributed by atoms with E-state index in [9.17, 15) is 0 Å². The Morgan fingerprint density at radius 3 is 3.04 bits per heavy atom. The van der Waals surface area contributed by atoms with Crippen LogP contribution < -0.4 is 4.74 Å². The lowest BCUT2D eigenvalue weighted by Crippen LogP contribution is -2.01. The summed E-state index contributed by atoms with van der Waals surface area (Å²) in [4.78, 5) is 4.22. The molecule has 1 aliphatic carbocycles. The molecule has 1 aliphatic rings. The molecule has 3 nitrogen and oxygen atoms in total. The number of fused-ring (bicyclic) bond motifs is 1. The molecule has 2 aromatic heterocycles. The van der Waals surface area contributed by atoms with Crippen LogP contribution >= 0.6 is 0 Å². The van der Waals surface area contributed by atoms with Crippen molar-refractivity contribution in [2.75, 3.05) is 6.61 Å². The van der Waals surface area contributed by atoms with Gasteiger partial charge in [-0.05, 0) is 42.2 Å². The Kier molecular flexibility index (Phi) is 3.68. The van der Waals surface area contributed by atoms with Crippen LogP contribution in [0.5, 0.6) is 5.75 Å². The molecule has 1 aromatic carbocycles. The fourth-order valence-electron chi connectivity index (χ4n) is 2.89. The Labute approximate surface area is 135 Å². The summed E-state index contributed by atoms with van der Waals surface area (Å²) >= 11 is 0. The Morgan fingerprint density at radius 2 is 2.13 bits per heavy atom. The van der Waals surface area contributed by atoms with Crippen LogP contribution in [-0.4, -0.2) is 16.0 Å². The smallest absolute Gasteiger partial charge is 0.120 e. The summed E-state index contributed by atoms with van der Waals surface area (Å²) in [6.45, 7) is 0.622. The maximum atomic E-state index is 5.96. The molecule has 0 aliphatic heterocycles. The van der Waals surface area contributed by atoms with Gasteiger partial charge in [0.1, 0.15) is 12.4 Å². The summed E-state index contributed by atoms with van der Waals surface area (Å²) in [5, 5.41) is 0. The highest BCUT2D eigenvalue weighted by molar-refractivity contribution is 5.80. The third kappa shape index (κ3) is 2.90. The van der Waals surface area contributed by atoms with Gasteiger partial charge in [0.05, 0.1) is 18.0 Å². The topological polar surface area (TPSA) is 26.5 Å². The maximum absolute atomic E-state index is 5.96. The molecule has 0 fully saturated rings. The van der Waals surface area contributed by atoms with Gasteiger partial charge in [0.25, 0.3) is 0 Å². The third-order valence-electron chi connectivity index (χ3n) is 4.07. The second-order valence-electron chi connectivity index (χ2n) is 5.68. The molecule has 0 bridgehead atoms. The lowest BCUT2D eigenvalue weighted by Gasteiger charge is -2.11. The van der Waals surface area contributed by atoms with Gasteiger partial charge >= 0.3 is 0 Å². The molecule has 4 rings (SSSR count). The zero-order valence-electron chi connectivity index (χ0n) is 12.9. The van der Waals surface area contributed by atoms with Gasteiger partial charge in [0.2, 0.25) is 0 Å². The highest BCUT2D eigenvalue weighted by atomic mass is 16.5. The number of hydrogen-bond donors (Lipinski definition) is 0. The largest absolute Gasteiger partial charge is 0.489 e. The predicted molar refractivity (Wildman–Crippen MR) is 92.6 cm³/mol. The number of ether oxygens (including phenoxy) is 1. The number of nitrogens with zero attached hydrogens (tertiary/aromatic N) is 2. The van der Waals surface area contributed by atoms with Crippen molar-refractivity contribution >= 4 is 5.52 Å². The van der Waals surface area contributed by atoms with Crippen LogP contribution in [0.25, 0.3) is 16.6 Å². The second kappa shape index (κ2) is 6.13. The number of rotatable bonds is 4. The van der Waals surface area contributed by atoms with E-state index in [0.717, 1.165) is 35.2 Å². The van der Waals surface area contributed by atoms with E-state index < -0.39 is 0 Å². The van der Waals surface area contributed by atoms with Crippen molar-refractivity contribution in [1.29, 1.82) is 0 Å². The van der Waals surface area contributed by atoms with Crippen molar-refractivity contribution in [3.63, 3.8) is 0 Å². The SMILES string of the molecule is C1=CC(COc2cccc(-c3cccn4cncc34)c2)=CCC1. The highest BCUT2D eigenvalue weighted by Gasteiger charge is 2.06. The van der Waals surface area contributed by atoms with E-state index in [-0.39, 0.29) is 0 Å². The zero-order valence-corrected chi connectivity index (χ0v) is 12.9. The van der Waals surface area contributed by atoms with Crippen LogP contribution in [0.3, 0.4) is 0 Å². The van der Waals surface area contributed by atoms with Gasteiger partial charge in [-0.3, -0.25) is 0 Å². The first kappa shape index (κ1) is 13.8. The number of hydrogen-bond acceptors (Lipinski definition) is 2. The molecular weight excluding hydrogens is 284 g/mol. The number of imidazole rings is 1. The zero-order chi connectivity index (χ0) is 15.5. The van der Waals surface area contributed by atoms with Crippen molar-refractivity contribution in [2.24, 2.45) is 0 Å². The van der Waals surface area contributed by atoms with Crippen molar-refractivity contribution in [3.05, 3.63) is 78.9 Å². The average molecular weight is 302 g/mol. The minimum atomic E-state index is 0.622. The number of allylic oxidation sites excluding steroid dienone is 2. The van der Waals surface area contributed by atoms with Gasteiger partial charge in [0.15, 0.2) is 0 Å².